The van der Waals surface area contributed by atoms with E-state index in [1.165, 1.54) is 9.75 Å². The van der Waals surface area contributed by atoms with Gasteiger partial charge >= 0.3 is 0 Å². The number of thiophene rings is 1. The van der Waals surface area contributed by atoms with Gasteiger partial charge in [0.1, 0.15) is 5.76 Å². The van der Waals surface area contributed by atoms with Crippen LogP contribution in [0.25, 0.3) is 0 Å². The van der Waals surface area contributed by atoms with Crippen molar-refractivity contribution < 1.29 is 4.42 Å². The van der Waals surface area contributed by atoms with Gasteiger partial charge in [0, 0.05) is 15.8 Å². The fraction of sp³-hybridized carbons (Fsp3) is 0.385. The number of hydrogen-bond donors (Lipinski definition) is 1. The second-order valence-corrected chi connectivity index (χ2v) is 6.30. The smallest absolute Gasteiger partial charge is 0.169 e. The lowest BCUT2D eigenvalue weighted by atomic mass is 10.2. The van der Waals surface area contributed by atoms with Crippen molar-refractivity contribution in [1.82, 2.24) is 5.32 Å². The summed E-state index contributed by atoms with van der Waals surface area (Å²) in [7, 11) is 0. The highest BCUT2D eigenvalue weighted by Crippen LogP contribution is 2.26. The maximum atomic E-state index is 5.54. The molecule has 2 unspecified atom stereocenters. The van der Waals surface area contributed by atoms with Gasteiger partial charge in [0.2, 0.25) is 0 Å². The van der Waals surface area contributed by atoms with Crippen LogP contribution in [0.1, 0.15) is 41.4 Å². The summed E-state index contributed by atoms with van der Waals surface area (Å²) in [6.07, 6.45) is 0. The van der Waals surface area contributed by atoms with Gasteiger partial charge in [-0.1, -0.05) is 0 Å². The quantitative estimate of drug-likeness (QED) is 0.875. The molecule has 2 nitrogen and oxygen atoms in total. The molecule has 0 spiro atoms. The van der Waals surface area contributed by atoms with Gasteiger partial charge in [-0.25, -0.2) is 0 Å². The van der Waals surface area contributed by atoms with E-state index in [-0.39, 0.29) is 6.04 Å². The van der Waals surface area contributed by atoms with E-state index in [1.807, 2.05) is 23.5 Å². The standard InChI is InChI=1S/C13H16BrNOS/c1-8-4-6-12(17-8)10(3)15-9(2)11-5-7-13(14)16-11/h4-7,9-10,15H,1-3H3. The minimum atomic E-state index is 0.207. The van der Waals surface area contributed by atoms with Crippen LogP contribution in [-0.2, 0) is 0 Å². The molecule has 17 heavy (non-hydrogen) atoms. The van der Waals surface area contributed by atoms with Crippen molar-refractivity contribution in [3.63, 3.8) is 0 Å². The van der Waals surface area contributed by atoms with Crippen molar-refractivity contribution in [2.75, 3.05) is 0 Å². The molecule has 1 N–H and O–H groups in total. The van der Waals surface area contributed by atoms with E-state index >= 15 is 0 Å². The highest BCUT2D eigenvalue weighted by Gasteiger charge is 2.14. The molecule has 92 valence electrons. The Hall–Kier alpha value is -0.580. The summed E-state index contributed by atoms with van der Waals surface area (Å²) in [5.41, 5.74) is 0. The van der Waals surface area contributed by atoms with Crippen molar-refractivity contribution in [1.29, 1.82) is 0 Å². The van der Waals surface area contributed by atoms with Gasteiger partial charge < -0.3 is 9.73 Å². The second kappa shape index (κ2) is 5.38. The molecule has 0 saturated carbocycles. The van der Waals surface area contributed by atoms with Gasteiger partial charge in [0.05, 0.1) is 6.04 Å². The van der Waals surface area contributed by atoms with E-state index in [9.17, 15) is 0 Å². The molecule has 0 amide bonds. The molecular formula is C13H16BrNOS. The highest BCUT2D eigenvalue weighted by atomic mass is 79.9. The molecule has 2 heterocycles. The zero-order valence-electron chi connectivity index (χ0n) is 10.2. The van der Waals surface area contributed by atoms with Crippen LogP contribution in [0.4, 0.5) is 0 Å². The SMILES string of the molecule is Cc1ccc(C(C)NC(C)c2ccc(Br)o2)s1. The van der Waals surface area contributed by atoms with Crippen LogP contribution in [-0.4, -0.2) is 0 Å². The summed E-state index contributed by atoms with van der Waals surface area (Å²) in [5, 5.41) is 3.53. The Labute approximate surface area is 114 Å². The third-order valence-corrected chi connectivity index (χ3v) is 4.32. The molecule has 0 bridgehead atoms. The summed E-state index contributed by atoms with van der Waals surface area (Å²) in [6.45, 7) is 6.43. The van der Waals surface area contributed by atoms with Crippen molar-refractivity contribution in [3.05, 3.63) is 44.4 Å². The third-order valence-electron chi connectivity index (χ3n) is 2.71. The predicted octanol–water partition coefficient (Wildman–Crippen LogP) is 4.82. The Balaban J connectivity index is 2.01. The summed E-state index contributed by atoms with van der Waals surface area (Å²) in [5.74, 6) is 0.956. The van der Waals surface area contributed by atoms with Crippen molar-refractivity contribution in [2.24, 2.45) is 0 Å². The number of nitrogens with one attached hydrogen (secondary N) is 1. The van der Waals surface area contributed by atoms with Crippen LogP contribution in [0.3, 0.4) is 0 Å². The molecule has 4 heteroatoms. The number of halogens is 1. The Morgan fingerprint density at radius 2 is 1.94 bits per heavy atom. The highest BCUT2D eigenvalue weighted by molar-refractivity contribution is 9.10. The van der Waals surface area contributed by atoms with Gasteiger partial charge in [-0.2, -0.15) is 0 Å². The minimum Gasteiger partial charge on any atom is -0.453 e. The number of aryl methyl sites for hydroxylation is 1. The van der Waals surface area contributed by atoms with Gasteiger partial charge in [0.25, 0.3) is 0 Å². The van der Waals surface area contributed by atoms with Crippen LogP contribution in [0.5, 0.6) is 0 Å². The average molecular weight is 314 g/mol. The summed E-state index contributed by atoms with van der Waals surface area (Å²) in [4.78, 5) is 2.71. The van der Waals surface area contributed by atoms with E-state index in [4.69, 9.17) is 4.42 Å². The minimum absolute atomic E-state index is 0.207. The zero-order valence-corrected chi connectivity index (χ0v) is 12.6. The Kier molecular flexibility index (Phi) is 4.07. The molecule has 2 aromatic heterocycles. The monoisotopic (exact) mass is 313 g/mol. The van der Waals surface area contributed by atoms with Crippen LogP contribution < -0.4 is 5.32 Å². The van der Waals surface area contributed by atoms with Gasteiger partial charge in [-0.15, -0.1) is 11.3 Å². The molecule has 0 aliphatic heterocycles. The first kappa shape index (κ1) is 12.9. The van der Waals surface area contributed by atoms with E-state index in [2.05, 4.69) is 54.2 Å². The van der Waals surface area contributed by atoms with Crippen LogP contribution in [0.2, 0.25) is 0 Å². The molecule has 2 atom stereocenters. The summed E-state index contributed by atoms with van der Waals surface area (Å²) >= 11 is 5.16. The maximum Gasteiger partial charge on any atom is 0.169 e. The molecule has 0 saturated heterocycles. The van der Waals surface area contributed by atoms with Gasteiger partial charge in [-0.05, 0) is 61.0 Å². The van der Waals surface area contributed by atoms with E-state index in [0.717, 1.165) is 10.4 Å². The average Bonchev–Trinajstić information content (AvgIpc) is 2.87. The molecule has 0 radical (unpaired) electrons. The van der Waals surface area contributed by atoms with E-state index in [0.29, 0.717) is 6.04 Å². The van der Waals surface area contributed by atoms with Crippen molar-refractivity contribution >= 4 is 27.3 Å². The summed E-state index contributed by atoms with van der Waals surface area (Å²) < 4.78 is 6.32. The lowest BCUT2D eigenvalue weighted by Crippen LogP contribution is -2.21. The molecule has 2 aromatic rings. The third kappa shape index (κ3) is 3.21. The fourth-order valence-electron chi connectivity index (χ4n) is 1.79. The van der Waals surface area contributed by atoms with Gasteiger partial charge in [-0.3, -0.25) is 0 Å². The van der Waals surface area contributed by atoms with Crippen molar-refractivity contribution in [3.8, 4) is 0 Å². The number of hydrogen-bond acceptors (Lipinski definition) is 3. The zero-order chi connectivity index (χ0) is 12.4. The normalized spacial score (nSPS) is 14.8. The molecule has 2 rings (SSSR count). The van der Waals surface area contributed by atoms with Crippen LogP contribution in [0, 0.1) is 6.92 Å². The topological polar surface area (TPSA) is 25.2 Å². The number of furan rings is 1. The molecule has 0 aliphatic carbocycles. The van der Waals surface area contributed by atoms with Crippen LogP contribution >= 0.6 is 27.3 Å². The molecule has 0 aromatic carbocycles. The van der Waals surface area contributed by atoms with E-state index in [1.54, 1.807) is 0 Å². The summed E-state index contributed by atoms with van der Waals surface area (Å²) in [6, 6.07) is 8.81. The van der Waals surface area contributed by atoms with Crippen molar-refractivity contribution in [2.45, 2.75) is 32.9 Å². The maximum absolute atomic E-state index is 5.54. The first-order valence-corrected chi connectivity index (χ1v) is 7.25. The fourth-order valence-corrected chi connectivity index (χ4v) is 2.99. The van der Waals surface area contributed by atoms with E-state index < -0.39 is 0 Å². The largest absolute Gasteiger partial charge is 0.453 e. The molecular weight excluding hydrogens is 298 g/mol. The Morgan fingerprint density at radius 1 is 1.18 bits per heavy atom. The Bertz CT molecular complexity index is 447. The first-order valence-electron chi connectivity index (χ1n) is 5.64. The lowest BCUT2D eigenvalue weighted by molar-refractivity contribution is 0.395. The predicted molar refractivity (Wildman–Crippen MR) is 75.4 cm³/mol. The second-order valence-electron chi connectivity index (χ2n) is 4.20. The molecule has 0 aliphatic rings. The van der Waals surface area contributed by atoms with Gasteiger partial charge in [0.15, 0.2) is 4.67 Å². The first-order chi connectivity index (χ1) is 8.06. The molecule has 0 fully saturated rings. The lowest BCUT2D eigenvalue weighted by Gasteiger charge is -2.17. The van der Waals surface area contributed by atoms with Crippen LogP contribution in [0.15, 0.2) is 33.4 Å². The number of rotatable bonds is 4. The Morgan fingerprint density at radius 3 is 2.47 bits per heavy atom.